The van der Waals surface area contributed by atoms with Gasteiger partial charge in [-0.1, -0.05) is 33.1 Å². The minimum Gasteiger partial charge on any atom is -0.356 e. The van der Waals surface area contributed by atoms with Gasteiger partial charge >= 0.3 is 0 Å². The van der Waals surface area contributed by atoms with E-state index >= 15 is 0 Å². The largest absolute Gasteiger partial charge is 0.356 e. The van der Waals surface area contributed by atoms with Crippen LogP contribution in [0.4, 0.5) is 0 Å². The lowest BCUT2D eigenvalue weighted by atomic mass is 9.99. The number of unbranched alkanes of at least 4 members (excludes halogenated alkanes) is 1. The number of aromatic nitrogens is 2. The second-order valence-corrected chi connectivity index (χ2v) is 5.92. The third-order valence-electron chi connectivity index (χ3n) is 4.02. The van der Waals surface area contributed by atoms with Crippen molar-refractivity contribution in [3.63, 3.8) is 0 Å². The molecule has 1 aromatic rings. The Kier molecular flexibility index (Phi) is 13.2. The summed E-state index contributed by atoms with van der Waals surface area (Å²) in [4.78, 5) is 4.30. The maximum absolute atomic E-state index is 4.30. The Labute approximate surface area is 158 Å². The number of hydrogen-bond acceptors (Lipinski definition) is 2. The molecular formula is C17H34IN5. The van der Waals surface area contributed by atoms with Crippen molar-refractivity contribution in [3.05, 3.63) is 18.0 Å². The number of aliphatic imine (C=N–C) groups is 1. The van der Waals surface area contributed by atoms with Gasteiger partial charge in [-0.2, -0.15) is 5.10 Å². The highest BCUT2D eigenvalue weighted by Crippen LogP contribution is 2.11. The highest BCUT2D eigenvalue weighted by Gasteiger charge is 2.06. The predicted octanol–water partition coefficient (Wildman–Crippen LogP) is 3.35. The molecule has 134 valence electrons. The molecule has 5 nitrogen and oxygen atoms in total. The van der Waals surface area contributed by atoms with Crippen LogP contribution in [0.5, 0.6) is 0 Å². The Bertz CT molecular complexity index is 430. The highest BCUT2D eigenvalue weighted by molar-refractivity contribution is 14.0. The number of nitrogens with one attached hydrogen (secondary N) is 2. The monoisotopic (exact) mass is 435 g/mol. The summed E-state index contributed by atoms with van der Waals surface area (Å²) in [5.74, 6) is 1.66. The van der Waals surface area contributed by atoms with Crippen molar-refractivity contribution in [2.24, 2.45) is 18.0 Å². The zero-order valence-electron chi connectivity index (χ0n) is 15.1. The van der Waals surface area contributed by atoms with Crippen molar-refractivity contribution < 1.29 is 0 Å². The van der Waals surface area contributed by atoms with Crippen molar-refractivity contribution >= 4 is 29.9 Å². The van der Waals surface area contributed by atoms with Gasteiger partial charge in [0.15, 0.2) is 5.96 Å². The van der Waals surface area contributed by atoms with Crippen LogP contribution in [0.3, 0.4) is 0 Å². The van der Waals surface area contributed by atoms with Crippen LogP contribution in [0.15, 0.2) is 17.4 Å². The lowest BCUT2D eigenvalue weighted by Crippen LogP contribution is -2.40. The molecule has 0 fully saturated rings. The third-order valence-corrected chi connectivity index (χ3v) is 4.02. The molecule has 0 radical (unpaired) electrons. The predicted molar refractivity (Wildman–Crippen MR) is 110 cm³/mol. The SMILES string of the molecule is CCCCC(CC)CNC(=NC)NCCCc1cnn(C)c1.I. The average molecular weight is 435 g/mol. The van der Waals surface area contributed by atoms with Crippen LogP contribution in [-0.4, -0.2) is 35.9 Å². The van der Waals surface area contributed by atoms with Gasteiger partial charge in [-0.05, 0) is 30.7 Å². The molecule has 2 N–H and O–H groups in total. The van der Waals surface area contributed by atoms with E-state index in [0.717, 1.165) is 37.8 Å². The summed E-state index contributed by atoms with van der Waals surface area (Å²) in [5.41, 5.74) is 1.29. The van der Waals surface area contributed by atoms with E-state index in [1.54, 1.807) is 0 Å². The molecule has 0 aliphatic rings. The summed E-state index contributed by atoms with van der Waals surface area (Å²) < 4.78 is 1.85. The Morgan fingerprint density at radius 3 is 2.65 bits per heavy atom. The van der Waals surface area contributed by atoms with Crippen molar-refractivity contribution in [1.29, 1.82) is 0 Å². The van der Waals surface area contributed by atoms with E-state index < -0.39 is 0 Å². The molecule has 0 spiro atoms. The number of aryl methyl sites for hydroxylation is 2. The topological polar surface area (TPSA) is 54.2 Å². The molecule has 0 saturated carbocycles. The molecule has 1 rings (SSSR count). The summed E-state index contributed by atoms with van der Waals surface area (Å²) in [6.07, 6.45) is 11.3. The fraction of sp³-hybridized carbons (Fsp3) is 0.765. The fourth-order valence-corrected chi connectivity index (χ4v) is 2.51. The Morgan fingerprint density at radius 2 is 2.09 bits per heavy atom. The summed E-state index contributed by atoms with van der Waals surface area (Å²) >= 11 is 0. The molecule has 0 aromatic carbocycles. The van der Waals surface area contributed by atoms with Crippen LogP contribution in [0.25, 0.3) is 0 Å². The molecule has 0 aliphatic carbocycles. The molecular weight excluding hydrogens is 401 g/mol. The second-order valence-electron chi connectivity index (χ2n) is 5.92. The van der Waals surface area contributed by atoms with Crippen LogP contribution in [0.2, 0.25) is 0 Å². The van der Waals surface area contributed by atoms with Gasteiger partial charge in [-0.3, -0.25) is 9.67 Å². The first kappa shape index (κ1) is 22.2. The van der Waals surface area contributed by atoms with Gasteiger partial charge in [-0.15, -0.1) is 24.0 Å². The van der Waals surface area contributed by atoms with E-state index in [1.807, 2.05) is 25.0 Å². The van der Waals surface area contributed by atoms with Gasteiger partial charge < -0.3 is 10.6 Å². The van der Waals surface area contributed by atoms with Crippen LogP contribution < -0.4 is 10.6 Å². The first-order valence-electron chi connectivity index (χ1n) is 8.61. The molecule has 0 bridgehead atoms. The van der Waals surface area contributed by atoms with E-state index in [-0.39, 0.29) is 24.0 Å². The number of rotatable bonds is 10. The van der Waals surface area contributed by atoms with Crippen LogP contribution in [0, 0.1) is 5.92 Å². The standard InChI is InChI=1S/C17H33N5.HI/c1-5-7-9-15(6-2)12-20-17(18-3)19-11-8-10-16-13-21-22(4)14-16;/h13-15H,5-12H2,1-4H3,(H2,18,19,20);1H. The minimum absolute atomic E-state index is 0. The summed E-state index contributed by atoms with van der Waals surface area (Å²) in [7, 11) is 3.79. The minimum atomic E-state index is 0. The molecule has 1 aromatic heterocycles. The van der Waals surface area contributed by atoms with Crippen molar-refractivity contribution in [2.75, 3.05) is 20.1 Å². The lowest BCUT2D eigenvalue weighted by Gasteiger charge is -2.18. The zero-order chi connectivity index (χ0) is 16.2. The number of guanidine groups is 1. The van der Waals surface area contributed by atoms with Gasteiger partial charge in [0.1, 0.15) is 0 Å². The number of nitrogens with zero attached hydrogens (tertiary/aromatic N) is 3. The zero-order valence-corrected chi connectivity index (χ0v) is 17.5. The van der Waals surface area contributed by atoms with Crippen LogP contribution >= 0.6 is 24.0 Å². The molecule has 0 aliphatic heterocycles. The fourth-order valence-electron chi connectivity index (χ4n) is 2.51. The molecule has 0 saturated heterocycles. The van der Waals surface area contributed by atoms with E-state index in [1.165, 1.54) is 31.2 Å². The van der Waals surface area contributed by atoms with E-state index in [2.05, 4.69) is 40.8 Å². The Hall–Kier alpha value is -0.790. The summed E-state index contributed by atoms with van der Waals surface area (Å²) in [5, 5.41) is 11.0. The summed E-state index contributed by atoms with van der Waals surface area (Å²) in [6.45, 7) is 6.47. The van der Waals surface area contributed by atoms with Gasteiger partial charge in [0, 0.05) is 33.4 Å². The first-order valence-corrected chi connectivity index (χ1v) is 8.61. The van der Waals surface area contributed by atoms with Crippen molar-refractivity contribution in [3.8, 4) is 0 Å². The Balaban J connectivity index is 0.00000484. The van der Waals surface area contributed by atoms with E-state index in [9.17, 15) is 0 Å². The maximum atomic E-state index is 4.30. The quantitative estimate of drug-likeness (QED) is 0.257. The summed E-state index contributed by atoms with van der Waals surface area (Å²) in [6, 6.07) is 0. The van der Waals surface area contributed by atoms with Gasteiger partial charge in [0.2, 0.25) is 0 Å². The molecule has 1 heterocycles. The molecule has 0 amide bonds. The van der Waals surface area contributed by atoms with Gasteiger partial charge in [0.05, 0.1) is 6.20 Å². The molecule has 1 unspecified atom stereocenters. The maximum Gasteiger partial charge on any atom is 0.190 e. The van der Waals surface area contributed by atoms with Crippen molar-refractivity contribution in [1.82, 2.24) is 20.4 Å². The van der Waals surface area contributed by atoms with E-state index in [0.29, 0.717) is 0 Å². The second kappa shape index (κ2) is 13.6. The molecule has 23 heavy (non-hydrogen) atoms. The lowest BCUT2D eigenvalue weighted by molar-refractivity contribution is 0.443. The van der Waals surface area contributed by atoms with Crippen molar-refractivity contribution in [2.45, 2.75) is 52.4 Å². The average Bonchev–Trinajstić information content (AvgIpc) is 2.94. The van der Waals surface area contributed by atoms with Gasteiger partial charge in [0.25, 0.3) is 0 Å². The van der Waals surface area contributed by atoms with Crippen LogP contribution in [0.1, 0.15) is 51.5 Å². The third kappa shape index (κ3) is 9.84. The van der Waals surface area contributed by atoms with Gasteiger partial charge in [-0.25, -0.2) is 0 Å². The molecule has 6 heteroatoms. The number of halogens is 1. The number of hydrogen-bond donors (Lipinski definition) is 2. The van der Waals surface area contributed by atoms with E-state index in [4.69, 9.17) is 0 Å². The highest BCUT2D eigenvalue weighted by atomic mass is 127. The van der Waals surface area contributed by atoms with Crippen LogP contribution in [-0.2, 0) is 13.5 Å². The normalized spacial score (nSPS) is 12.6. The molecule has 1 atom stereocenters. The first-order chi connectivity index (χ1) is 10.7. The smallest absolute Gasteiger partial charge is 0.190 e. The Morgan fingerprint density at radius 1 is 1.30 bits per heavy atom.